The monoisotopic (exact) mass is 368 g/mol. The lowest BCUT2D eigenvalue weighted by molar-refractivity contribution is -0.137. The summed E-state index contributed by atoms with van der Waals surface area (Å²) >= 11 is 1.23. The van der Waals surface area contributed by atoms with Gasteiger partial charge in [-0.05, 0) is 30.9 Å². The highest BCUT2D eigenvalue weighted by Crippen LogP contribution is 2.45. The largest absolute Gasteiger partial charge is 0.468 e. The predicted octanol–water partition coefficient (Wildman–Crippen LogP) is 3.54. The van der Waals surface area contributed by atoms with Crippen LogP contribution in [0.4, 0.5) is 0 Å². The molecule has 0 fully saturated rings. The first-order valence-electron chi connectivity index (χ1n) is 8.56. The fourth-order valence-electron chi connectivity index (χ4n) is 3.54. The van der Waals surface area contributed by atoms with E-state index in [2.05, 4.69) is 11.1 Å². The summed E-state index contributed by atoms with van der Waals surface area (Å²) in [6.45, 7) is 1.99. The molecular formula is C20H20N2O3S. The molecule has 2 aliphatic rings. The Balaban J connectivity index is 2.09. The van der Waals surface area contributed by atoms with Gasteiger partial charge in [0.2, 0.25) is 0 Å². The first-order valence-corrected chi connectivity index (χ1v) is 9.55. The fourth-order valence-corrected chi connectivity index (χ4v) is 4.47. The smallest absolute Gasteiger partial charge is 0.316 e. The van der Waals surface area contributed by atoms with Gasteiger partial charge in [-0.3, -0.25) is 9.59 Å². The van der Waals surface area contributed by atoms with E-state index in [1.165, 1.54) is 18.9 Å². The lowest BCUT2D eigenvalue weighted by atomic mass is 9.73. The zero-order valence-corrected chi connectivity index (χ0v) is 15.6. The summed E-state index contributed by atoms with van der Waals surface area (Å²) in [5.41, 5.74) is 3.47. The molecule has 134 valence electrons. The second kappa shape index (κ2) is 7.88. The number of esters is 1. The summed E-state index contributed by atoms with van der Waals surface area (Å²) in [6.07, 6.45) is 2.00. The van der Waals surface area contributed by atoms with Crippen molar-refractivity contribution in [3.63, 3.8) is 0 Å². The lowest BCUT2D eigenvalue weighted by Crippen LogP contribution is -2.31. The van der Waals surface area contributed by atoms with E-state index in [9.17, 15) is 14.9 Å². The second-order valence-electron chi connectivity index (χ2n) is 6.39. The molecule has 1 aliphatic carbocycles. The molecule has 3 rings (SSSR count). The third kappa shape index (κ3) is 3.45. The number of allylic oxidation sites excluding steroid dienone is 2. The number of rotatable bonds is 3. The average molecular weight is 368 g/mol. The van der Waals surface area contributed by atoms with Gasteiger partial charge in [-0.1, -0.05) is 36.0 Å². The van der Waals surface area contributed by atoms with Crippen LogP contribution in [0.1, 0.15) is 36.3 Å². The van der Waals surface area contributed by atoms with Gasteiger partial charge in [0.1, 0.15) is 5.92 Å². The van der Waals surface area contributed by atoms with E-state index >= 15 is 0 Å². The van der Waals surface area contributed by atoms with Crippen LogP contribution in [-0.2, 0) is 14.3 Å². The van der Waals surface area contributed by atoms with Gasteiger partial charge >= 0.3 is 5.97 Å². The Kier molecular flexibility index (Phi) is 5.58. The Morgan fingerprint density at radius 3 is 2.85 bits per heavy atom. The molecule has 0 saturated heterocycles. The first kappa shape index (κ1) is 18.4. The van der Waals surface area contributed by atoms with E-state index in [0.29, 0.717) is 17.0 Å². The van der Waals surface area contributed by atoms with E-state index in [0.717, 1.165) is 29.7 Å². The van der Waals surface area contributed by atoms with Crippen molar-refractivity contribution < 1.29 is 14.3 Å². The van der Waals surface area contributed by atoms with Gasteiger partial charge in [0.25, 0.3) is 0 Å². The van der Waals surface area contributed by atoms with Gasteiger partial charge in [0, 0.05) is 23.6 Å². The highest BCUT2D eigenvalue weighted by Gasteiger charge is 2.41. The van der Waals surface area contributed by atoms with Crippen LogP contribution in [-0.4, -0.2) is 29.7 Å². The first-order chi connectivity index (χ1) is 12.6. The number of nitriles is 1. The van der Waals surface area contributed by atoms with Gasteiger partial charge < -0.3 is 4.74 Å². The predicted molar refractivity (Wildman–Crippen MR) is 101 cm³/mol. The Bertz CT molecular complexity index is 851. The molecule has 1 unspecified atom stereocenters. The van der Waals surface area contributed by atoms with Crippen molar-refractivity contribution in [2.24, 2.45) is 10.9 Å². The third-order valence-electron chi connectivity index (χ3n) is 4.81. The van der Waals surface area contributed by atoms with Crippen LogP contribution in [0, 0.1) is 24.2 Å². The molecule has 1 heterocycles. The summed E-state index contributed by atoms with van der Waals surface area (Å²) in [6, 6.07) is 10.2. The van der Waals surface area contributed by atoms with E-state index in [4.69, 9.17) is 4.74 Å². The molecule has 0 amide bonds. The van der Waals surface area contributed by atoms with E-state index < -0.39 is 5.92 Å². The van der Waals surface area contributed by atoms with Gasteiger partial charge in [-0.25, -0.2) is 4.99 Å². The highest BCUT2D eigenvalue weighted by molar-refractivity contribution is 8.14. The molecule has 0 bridgehead atoms. The molecular weight excluding hydrogens is 348 g/mol. The number of hydrogen-bond acceptors (Lipinski definition) is 6. The van der Waals surface area contributed by atoms with Crippen molar-refractivity contribution in [2.75, 3.05) is 12.9 Å². The maximum Gasteiger partial charge on any atom is 0.316 e. The van der Waals surface area contributed by atoms with Crippen LogP contribution in [0.3, 0.4) is 0 Å². The number of ketones is 1. The number of hydrogen-bond donors (Lipinski definition) is 0. The quantitative estimate of drug-likeness (QED) is 0.762. The molecule has 1 aromatic rings. The summed E-state index contributed by atoms with van der Waals surface area (Å²) in [5, 5.41) is 10.5. The number of Topliss-reactive ketones (excluding diaryl/α,β-unsaturated/α-hetero) is 1. The van der Waals surface area contributed by atoms with Crippen molar-refractivity contribution in [1.29, 1.82) is 5.26 Å². The number of nitrogens with zero attached hydrogens (tertiary/aromatic N) is 2. The Hall–Kier alpha value is -2.39. The minimum atomic E-state index is -0.577. The number of aliphatic imine (C=N–C) groups is 1. The molecule has 2 atom stereocenters. The number of ether oxygens (including phenoxy) is 1. The molecule has 0 aromatic heterocycles. The number of carbonyl (C=O) groups excluding carboxylic acids is 2. The molecule has 5 nitrogen and oxygen atoms in total. The summed E-state index contributed by atoms with van der Waals surface area (Å²) in [5.74, 6) is -1.08. The van der Waals surface area contributed by atoms with Crippen LogP contribution >= 0.6 is 11.8 Å². The summed E-state index contributed by atoms with van der Waals surface area (Å²) in [4.78, 5) is 28.9. The van der Waals surface area contributed by atoms with Crippen molar-refractivity contribution in [2.45, 2.75) is 32.1 Å². The van der Waals surface area contributed by atoms with Gasteiger partial charge in [-0.15, -0.1) is 0 Å². The average Bonchev–Trinajstić information content (AvgIpc) is 2.65. The summed E-state index contributed by atoms with van der Waals surface area (Å²) in [7, 11) is 1.34. The fraction of sp³-hybridized carbons (Fsp3) is 0.400. The maximum absolute atomic E-state index is 12.7. The van der Waals surface area contributed by atoms with Gasteiger partial charge in [-0.2, -0.15) is 5.26 Å². The molecule has 0 N–H and O–H groups in total. The van der Waals surface area contributed by atoms with E-state index in [1.54, 1.807) is 0 Å². The molecule has 6 heteroatoms. The molecule has 1 aromatic carbocycles. The Morgan fingerprint density at radius 1 is 1.38 bits per heavy atom. The molecule has 0 radical (unpaired) electrons. The molecule has 0 spiro atoms. The Morgan fingerprint density at radius 2 is 2.15 bits per heavy atom. The van der Waals surface area contributed by atoms with Gasteiger partial charge in [0.05, 0.1) is 24.0 Å². The van der Waals surface area contributed by atoms with Crippen molar-refractivity contribution in [3.8, 4) is 6.07 Å². The topological polar surface area (TPSA) is 79.5 Å². The number of thioether (sulfide) groups is 1. The summed E-state index contributed by atoms with van der Waals surface area (Å²) < 4.78 is 4.70. The lowest BCUT2D eigenvalue weighted by Gasteiger charge is -2.33. The molecule has 1 aliphatic heterocycles. The minimum Gasteiger partial charge on any atom is -0.468 e. The number of aryl methyl sites for hydroxylation is 1. The van der Waals surface area contributed by atoms with Crippen LogP contribution in [0.5, 0.6) is 0 Å². The number of benzene rings is 1. The van der Waals surface area contributed by atoms with Crippen molar-refractivity contribution >= 4 is 28.6 Å². The van der Waals surface area contributed by atoms with E-state index in [-0.39, 0.29) is 23.4 Å². The zero-order chi connectivity index (χ0) is 18.7. The van der Waals surface area contributed by atoms with Crippen LogP contribution in [0.2, 0.25) is 0 Å². The SMILES string of the molecule is COC(=O)CSC1=NC2=C(C(=O)CCC2)[C@@H](c2ccccc2C)C1C#N. The Labute approximate surface area is 157 Å². The van der Waals surface area contributed by atoms with Crippen LogP contribution < -0.4 is 0 Å². The minimum absolute atomic E-state index is 0.0838. The number of methoxy groups -OCH3 is 1. The van der Waals surface area contributed by atoms with Crippen LogP contribution in [0.15, 0.2) is 40.5 Å². The third-order valence-corrected chi connectivity index (χ3v) is 5.83. The van der Waals surface area contributed by atoms with E-state index in [1.807, 2.05) is 31.2 Å². The highest BCUT2D eigenvalue weighted by atomic mass is 32.2. The maximum atomic E-state index is 12.7. The van der Waals surface area contributed by atoms with Crippen molar-refractivity contribution in [3.05, 3.63) is 46.7 Å². The molecule has 0 saturated carbocycles. The zero-order valence-electron chi connectivity index (χ0n) is 14.8. The van der Waals surface area contributed by atoms with Crippen molar-refractivity contribution in [1.82, 2.24) is 0 Å². The normalized spacial score (nSPS) is 22.3. The standard InChI is InChI=1S/C20H20N2O3S/c1-12-6-3-4-7-13(12)18-14(10-21)20(26-11-17(24)25-2)22-15-8-5-9-16(23)19(15)18/h3-4,6-7,14,18H,5,8-9,11H2,1-2H3/t14?,18-/m0/s1. The molecule has 26 heavy (non-hydrogen) atoms. The second-order valence-corrected chi connectivity index (χ2v) is 7.39. The van der Waals surface area contributed by atoms with Crippen LogP contribution in [0.25, 0.3) is 0 Å². The number of carbonyl (C=O) groups is 2. The van der Waals surface area contributed by atoms with Gasteiger partial charge in [0.15, 0.2) is 5.78 Å².